The second kappa shape index (κ2) is 7.91. The maximum atomic E-state index is 13.1. The Morgan fingerprint density at radius 2 is 2.08 bits per heavy atom. The van der Waals surface area contributed by atoms with E-state index in [9.17, 15) is 9.59 Å². The first-order valence-electron chi connectivity index (χ1n) is 8.70. The molecule has 0 aliphatic carbocycles. The molecule has 0 saturated carbocycles. The first kappa shape index (κ1) is 18.5. The van der Waals surface area contributed by atoms with Gasteiger partial charge in [-0.2, -0.15) is 0 Å². The van der Waals surface area contributed by atoms with Gasteiger partial charge >= 0.3 is 5.97 Å². The summed E-state index contributed by atoms with van der Waals surface area (Å²) in [6.45, 7) is 5.55. The first-order chi connectivity index (χ1) is 12.5. The van der Waals surface area contributed by atoms with Crippen LogP contribution in [0.15, 0.2) is 30.3 Å². The molecule has 2 heterocycles. The third-order valence-electron chi connectivity index (χ3n) is 4.22. The fraction of sp³-hybridized carbons (Fsp3) is 0.400. The average molecular weight is 373 g/mol. The van der Waals surface area contributed by atoms with Crippen LogP contribution in [0.4, 0.5) is 0 Å². The standard InChI is InChI=1S/C20H23NO4S/c1-13(2)11-21(9-8-18(22)24-3)20(23)17-10-14-12-25-16-7-5-4-6-15(16)19(14)26-17/h4-7,10,13H,8-9,11-12H2,1-3H3. The molecule has 2 aromatic rings. The Morgan fingerprint density at radius 3 is 2.81 bits per heavy atom. The zero-order chi connectivity index (χ0) is 18.7. The molecule has 5 nitrogen and oxygen atoms in total. The van der Waals surface area contributed by atoms with Crippen molar-refractivity contribution in [1.82, 2.24) is 4.90 Å². The fourth-order valence-corrected chi connectivity index (χ4v) is 4.17. The van der Waals surface area contributed by atoms with Crippen LogP contribution >= 0.6 is 11.3 Å². The minimum Gasteiger partial charge on any atom is -0.488 e. The van der Waals surface area contributed by atoms with Gasteiger partial charge in [-0.3, -0.25) is 9.59 Å². The number of methoxy groups -OCH3 is 1. The van der Waals surface area contributed by atoms with Gasteiger partial charge < -0.3 is 14.4 Å². The summed E-state index contributed by atoms with van der Waals surface area (Å²) >= 11 is 1.49. The SMILES string of the molecule is COC(=O)CCN(CC(C)C)C(=O)c1cc2c(s1)-c1ccccc1OC2. The van der Waals surface area contributed by atoms with Crippen LogP contribution in [0.3, 0.4) is 0 Å². The summed E-state index contributed by atoms with van der Waals surface area (Å²) < 4.78 is 10.5. The fourth-order valence-electron chi connectivity index (χ4n) is 3.01. The molecule has 0 spiro atoms. The van der Waals surface area contributed by atoms with Gasteiger partial charge in [-0.15, -0.1) is 11.3 Å². The largest absolute Gasteiger partial charge is 0.488 e. The van der Waals surface area contributed by atoms with Crippen LogP contribution in [0.2, 0.25) is 0 Å². The van der Waals surface area contributed by atoms with E-state index in [2.05, 4.69) is 13.8 Å². The average Bonchev–Trinajstić information content (AvgIpc) is 3.08. The minimum atomic E-state index is -0.306. The van der Waals surface area contributed by atoms with Crippen LogP contribution in [-0.2, 0) is 16.1 Å². The lowest BCUT2D eigenvalue weighted by atomic mass is 10.1. The van der Waals surface area contributed by atoms with E-state index in [-0.39, 0.29) is 18.3 Å². The molecular formula is C20H23NO4S. The minimum absolute atomic E-state index is 0.0421. The van der Waals surface area contributed by atoms with Gasteiger partial charge in [0.2, 0.25) is 0 Å². The number of thiophene rings is 1. The highest BCUT2D eigenvalue weighted by molar-refractivity contribution is 7.17. The number of ether oxygens (including phenoxy) is 2. The zero-order valence-electron chi connectivity index (χ0n) is 15.3. The summed E-state index contributed by atoms with van der Waals surface area (Å²) in [5.74, 6) is 0.819. The quantitative estimate of drug-likeness (QED) is 0.719. The normalized spacial score (nSPS) is 12.2. The molecule has 1 aliphatic rings. The van der Waals surface area contributed by atoms with Crippen molar-refractivity contribution in [3.63, 3.8) is 0 Å². The van der Waals surface area contributed by atoms with Gasteiger partial charge in [-0.25, -0.2) is 0 Å². The molecule has 1 aromatic heterocycles. The van der Waals surface area contributed by atoms with Crippen molar-refractivity contribution in [3.8, 4) is 16.2 Å². The van der Waals surface area contributed by atoms with E-state index < -0.39 is 0 Å². The molecule has 3 rings (SSSR count). The van der Waals surface area contributed by atoms with Gasteiger partial charge in [-0.05, 0) is 24.1 Å². The number of hydrogen-bond acceptors (Lipinski definition) is 5. The van der Waals surface area contributed by atoms with E-state index in [0.29, 0.717) is 30.5 Å². The first-order valence-corrected chi connectivity index (χ1v) is 9.52. The number of nitrogens with zero attached hydrogens (tertiary/aromatic N) is 1. The van der Waals surface area contributed by atoms with Crippen molar-refractivity contribution >= 4 is 23.2 Å². The molecule has 0 atom stereocenters. The molecule has 0 unspecified atom stereocenters. The summed E-state index contributed by atoms with van der Waals surface area (Å²) in [6.07, 6.45) is 0.200. The predicted molar refractivity (Wildman–Crippen MR) is 101 cm³/mol. The topological polar surface area (TPSA) is 55.8 Å². The zero-order valence-corrected chi connectivity index (χ0v) is 16.1. The van der Waals surface area contributed by atoms with Crippen LogP contribution in [0, 0.1) is 5.92 Å². The van der Waals surface area contributed by atoms with E-state index in [1.807, 2.05) is 30.3 Å². The van der Waals surface area contributed by atoms with Crippen molar-refractivity contribution < 1.29 is 19.1 Å². The number of amides is 1. The lowest BCUT2D eigenvalue weighted by Crippen LogP contribution is -2.35. The molecule has 26 heavy (non-hydrogen) atoms. The van der Waals surface area contributed by atoms with Gasteiger partial charge in [0, 0.05) is 29.1 Å². The molecule has 1 aliphatic heterocycles. The second-order valence-electron chi connectivity index (χ2n) is 6.72. The molecule has 0 radical (unpaired) electrons. The van der Waals surface area contributed by atoms with Gasteiger partial charge in [-0.1, -0.05) is 26.0 Å². The van der Waals surface area contributed by atoms with E-state index >= 15 is 0 Å². The van der Waals surface area contributed by atoms with Crippen molar-refractivity contribution in [1.29, 1.82) is 0 Å². The number of carbonyl (C=O) groups is 2. The Kier molecular flexibility index (Phi) is 5.61. The van der Waals surface area contributed by atoms with Gasteiger partial charge in [0.25, 0.3) is 5.91 Å². The number of para-hydroxylation sites is 1. The highest BCUT2D eigenvalue weighted by atomic mass is 32.1. The van der Waals surface area contributed by atoms with Crippen LogP contribution in [0.1, 0.15) is 35.5 Å². The number of rotatable bonds is 6. The number of benzene rings is 1. The molecular weight excluding hydrogens is 350 g/mol. The molecule has 138 valence electrons. The van der Waals surface area contributed by atoms with E-state index in [0.717, 1.165) is 21.8 Å². The second-order valence-corrected chi connectivity index (χ2v) is 7.77. The molecule has 0 bridgehead atoms. The maximum Gasteiger partial charge on any atom is 0.307 e. The summed E-state index contributed by atoms with van der Waals surface area (Å²) in [5, 5.41) is 0. The molecule has 6 heteroatoms. The van der Waals surface area contributed by atoms with Crippen molar-refractivity contribution in [2.24, 2.45) is 5.92 Å². The van der Waals surface area contributed by atoms with E-state index in [1.165, 1.54) is 18.4 Å². The van der Waals surface area contributed by atoms with Crippen LogP contribution in [0.25, 0.3) is 10.4 Å². The Morgan fingerprint density at radius 1 is 1.31 bits per heavy atom. The summed E-state index contributed by atoms with van der Waals surface area (Å²) in [7, 11) is 1.36. The van der Waals surface area contributed by atoms with Gasteiger partial charge in [0.15, 0.2) is 0 Å². The lowest BCUT2D eigenvalue weighted by molar-refractivity contribution is -0.140. The monoisotopic (exact) mass is 373 g/mol. The third kappa shape index (κ3) is 3.90. The van der Waals surface area contributed by atoms with Crippen molar-refractivity contribution in [2.75, 3.05) is 20.2 Å². The molecule has 0 saturated heterocycles. The van der Waals surface area contributed by atoms with Crippen molar-refractivity contribution in [3.05, 3.63) is 40.8 Å². The maximum absolute atomic E-state index is 13.1. The lowest BCUT2D eigenvalue weighted by Gasteiger charge is -2.23. The Hall–Kier alpha value is -2.34. The number of hydrogen-bond donors (Lipinski definition) is 0. The summed E-state index contributed by atoms with van der Waals surface area (Å²) in [6, 6.07) is 9.80. The van der Waals surface area contributed by atoms with E-state index in [4.69, 9.17) is 9.47 Å². The van der Waals surface area contributed by atoms with Crippen LogP contribution in [0.5, 0.6) is 5.75 Å². The van der Waals surface area contributed by atoms with Crippen molar-refractivity contribution in [2.45, 2.75) is 26.9 Å². The molecule has 0 N–H and O–H groups in total. The third-order valence-corrected chi connectivity index (χ3v) is 5.42. The Bertz CT molecular complexity index is 812. The number of carbonyl (C=O) groups excluding carboxylic acids is 2. The Balaban J connectivity index is 1.84. The Labute approximate surface area is 157 Å². The predicted octanol–water partition coefficient (Wildman–Crippen LogP) is 3.97. The van der Waals surface area contributed by atoms with Gasteiger partial charge in [0.05, 0.1) is 18.4 Å². The molecule has 0 fully saturated rings. The number of esters is 1. The summed E-state index contributed by atoms with van der Waals surface area (Å²) in [5.41, 5.74) is 2.07. The van der Waals surface area contributed by atoms with E-state index in [1.54, 1.807) is 4.90 Å². The van der Waals surface area contributed by atoms with Crippen LogP contribution in [-0.4, -0.2) is 37.0 Å². The summed E-state index contributed by atoms with van der Waals surface area (Å²) in [4.78, 5) is 28.1. The number of fused-ring (bicyclic) bond motifs is 3. The highest BCUT2D eigenvalue weighted by Crippen LogP contribution is 2.42. The molecule has 1 amide bonds. The molecule has 1 aromatic carbocycles. The van der Waals surface area contributed by atoms with Crippen LogP contribution < -0.4 is 4.74 Å². The highest BCUT2D eigenvalue weighted by Gasteiger charge is 2.25. The van der Waals surface area contributed by atoms with Gasteiger partial charge in [0.1, 0.15) is 12.4 Å². The smallest absolute Gasteiger partial charge is 0.307 e.